The average molecular weight is 486 g/mol. The fourth-order valence-corrected chi connectivity index (χ4v) is 4.41. The van der Waals surface area contributed by atoms with Crippen LogP contribution in [-0.4, -0.2) is 34.9 Å². The summed E-state index contributed by atoms with van der Waals surface area (Å²) >= 11 is 0. The Kier molecular flexibility index (Phi) is 7.74. The summed E-state index contributed by atoms with van der Waals surface area (Å²) in [5.74, 6) is 0.136. The van der Waals surface area contributed by atoms with Crippen molar-refractivity contribution in [2.24, 2.45) is 0 Å². The first-order valence-corrected chi connectivity index (χ1v) is 12.1. The lowest BCUT2D eigenvalue weighted by Crippen LogP contribution is -2.30. The molecule has 6 nitrogen and oxygen atoms in total. The van der Waals surface area contributed by atoms with E-state index in [-0.39, 0.29) is 30.4 Å². The van der Waals surface area contributed by atoms with Crippen LogP contribution < -0.4 is 9.47 Å². The van der Waals surface area contributed by atoms with Crippen molar-refractivity contribution >= 4 is 11.7 Å². The van der Waals surface area contributed by atoms with Crippen LogP contribution >= 0.6 is 0 Å². The van der Waals surface area contributed by atoms with Crippen molar-refractivity contribution in [2.75, 3.05) is 7.11 Å². The number of ether oxygens (including phenoxy) is 2. The minimum Gasteiger partial charge on any atom is -0.503 e. The Hall–Kier alpha value is -4.06. The Bertz CT molecular complexity index is 1230. The summed E-state index contributed by atoms with van der Waals surface area (Å²) in [7, 11) is 1.59. The maximum absolute atomic E-state index is 13.4. The summed E-state index contributed by atoms with van der Waals surface area (Å²) in [5.41, 5.74) is 2.76. The van der Waals surface area contributed by atoms with E-state index in [9.17, 15) is 14.7 Å². The normalized spacial score (nSPS) is 15.5. The highest BCUT2D eigenvalue weighted by Gasteiger charge is 2.43. The minimum absolute atomic E-state index is 0.0227. The number of carbonyl (C=O) groups excluding carboxylic acids is 2. The van der Waals surface area contributed by atoms with Gasteiger partial charge in [0.15, 0.2) is 11.5 Å². The van der Waals surface area contributed by atoms with Crippen LogP contribution in [0.4, 0.5) is 0 Å². The van der Waals surface area contributed by atoms with Crippen LogP contribution in [0.25, 0.3) is 0 Å². The molecule has 0 bridgehead atoms. The van der Waals surface area contributed by atoms with Gasteiger partial charge >= 0.3 is 0 Å². The van der Waals surface area contributed by atoms with Gasteiger partial charge in [-0.25, -0.2) is 0 Å². The number of aliphatic hydroxyl groups is 1. The summed E-state index contributed by atoms with van der Waals surface area (Å²) in [6.45, 7) is 4.13. The van der Waals surface area contributed by atoms with Gasteiger partial charge in [-0.2, -0.15) is 0 Å². The van der Waals surface area contributed by atoms with Crippen molar-refractivity contribution in [3.05, 3.63) is 107 Å². The van der Waals surface area contributed by atoms with Crippen LogP contribution in [0.1, 0.15) is 43.0 Å². The molecule has 36 heavy (non-hydrogen) atoms. The van der Waals surface area contributed by atoms with E-state index in [0.29, 0.717) is 17.9 Å². The Morgan fingerprint density at radius 2 is 1.56 bits per heavy atom. The smallest absolute Gasteiger partial charge is 0.290 e. The Morgan fingerprint density at radius 3 is 2.17 bits per heavy atom. The molecule has 1 aliphatic heterocycles. The first-order chi connectivity index (χ1) is 17.4. The van der Waals surface area contributed by atoms with Crippen LogP contribution in [0.5, 0.6) is 11.5 Å². The molecular weight excluding hydrogens is 454 g/mol. The summed E-state index contributed by atoms with van der Waals surface area (Å²) in [6, 6.07) is 23.7. The summed E-state index contributed by atoms with van der Waals surface area (Å²) in [5, 5.41) is 10.9. The van der Waals surface area contributed by atoms with E-state index in [0.717, 1.165) is 16.7 Å². The van der Waals surface area contributed by atoms with E-state index < -0.39 is 17.7 Å². The molecule has 0 saturated carbocycles. The molecule has 1 aliphatic rings. The molecule has 6 heteroatoms. The number of methoxy groups -OCH3 is 1. The lowest BCUT2D eigenvalue weighted by Gasteiger charge is -2.27. The number of amides is 1. The second kappa shape index (κ2) is 11.1. The maximum Gasteiger partial charge on any atom is 0.290 e. The zero-order chi connectivity index (χ0) is 25.7. The Balaban J connectivity index is 1.65. The van der Waals surface area contributed by atoms with Crippen molar-refractivity contribution in [3.8, 4) is 11.5 Å². The SMILES string of the molecule is COc1ccc(CN2C(=O)C(O)=C(C(=O)CCc3ccccc3)C2c2ccc(OC(C)C)cc2)cc1. The number of Topliss-reactive ketones (excluding diaryl/α,β-unsaturated/α-hetero) is 1. The minimum atomic E-state index is -0.698. The third-order valence-corrected chi connectivity index (χ3v) is 6.17. The van der Waals surface area contributed by atoms with E-state index in [2.05, 4.69) is 0 Å². The maximum atomic E-state index is 13.4. The largest absolute Gasteiger partial charge is 0.503 e. The van der Waals surface area contributed by atoms with Gasteiger partial charge in [-0.1, -0.05) is 54.6 Å². The van der Waals surface area contributed by atoms with Crippen molar-refractivity contribution < 1.29 is 24.2 Å². The predicted molar refractivity (Wildman–Crippen MR) is 138 cm³/mol. The summed E-state index contributed by atoms with van der Waals surface area (Å²) in [6.07, 6.45) is 0.740. The van der Waals surface area contributed by atoms with Gasteiger partial charge in [-0.15, -0.1) is 0 Å². The fourth-order valence-electron chi connectivity index (χ4n) is 4.41. The molecule has 4 rings (SSSR count). The quantitative estimate of drug-likeness (QED) is 0.406. The van der Waals surface area contributed by atoms with E-state index in [1.165, 1.54) is 0 Å². The lowest BCUT2D eigenvalue weighted by atomic mass is 9.93. The molecule has 1 unspecified atom stereocenters. The molecule has 1 heterocycles. The molecule has 1 amide bonds. The number of carbonyl (C=O) groups is 2. The van der Waals surface area contributed by atoms with Crippen LogP contribution in [0.2, 0.25) is 0 Å². The van der Waals surface area contributed by atoms with E-state index in [1.54, 1.807) is 12.0 Å². The highest BCUT2D eigenvalue weighted by atomic mass is 16.5. The van der Waals surface area contributed by atoms with Crippen molar-refractivity contribution in [3.63, 3.8) is 0 Å². The van der Waals surface area contributed by atoms with Gasteiger partial charge in [0.1, 0.15) is 11.5 Å². The molecule has 3 aromatic carbocycles. The predicted octanol–water partition coefficient (Wildman–Crippen LogP) is 5.58. The first-order valence-electron chi connectivity index (χ1n) is 12.1. The summed E-state index contributed by atoms with van der Waals surface area (Å²) < 4.78 is 11.0. The number of rotatable bonds is 10. The van der Waals surface area contributed by atoms with Gasteiger partial charge in [0, 0.05) is 13.0 Å². The zero-order valence-electron chi connectivity index (χ0n) is 20.8. The van der Waals surface area contributed by atoms with Crippen LogP contribution in [0, 0.1) is 0 Å². The second-order valence-corrected chi connectivity index (χ2v) is 9.09. The molecule has 0 aromatic heterocycles. The van der Waals surface area contributed by atoms with Crippen LogP contribution in [-0.2, 0) is 22.6 Å². The molecule has 3 aromatic rings. The van der Waals surface area contributed by atoms with Crippen LogP contribution in [0.15, 0.2) is 90.2 Å². The van der Waals surface area contributed by atoms with E-state index in [4.69, 9.17) is 9.47 Å². The third-order valence-electron chi connectivity index (χ3n) is 6.17. The number of aliphatic hydroxyl groups excluding tert-OH is 1. The molecule has 0 radical (unpaired) electrons. The van der Waals surface area contributed by atoms with Gasteiger partial charge < -0.3 is 19.5 Å². The van der Waals surface area contributed by atoms with Crippen molar-refractivity contribution in [1.29, 1.82) is 0 Å². The standard InChI is InChI=1S/C30H31NO5/c1-20(2)36-25-16-12-23(13-17-25)28-27(26(32)18-11-21-7-5-4-6-8-21)29(33)30(34)31(28)19-22-9-14-24(35-3)15-10-22/h4-10,12-17,20,28,33H,11,18-19H2,1-3H3. The fraction of sp³-hybridized carbons (Fsp3) is 0.267. The molecule has 0 spiro atoms. The van der Waals surface area contributed by atoms with E-state index >= 15 is 0 Å². The third kappa shape index (κ3) is 5.60. The molecule has 186 valence electrons. The number of nitrogens with zero attached hydrogens (tertiary/aromatic N) is 1. The topological polar surface area (TPSA) is 76.1 Å². The lowest BCUT2D eigenvalue weighted by molar-refractivity contribution is -0.130. The molecule has 0 saturated heterocycles. The summed E-state index contributed by atoms with van der Waals surface area (Å²) in [4.78, 5) is 28.2. The zero-order valence-corrected chi connectivity index (χ0v) is 20.8. The number of hydrogen-bond donors (Lipinski definition) is 1. The second-order valence-electron chi connectivity index (χ2n) is 9.09. The first kappa shape index (κ1) is 25.0. The Morgan fingerprint density at radius 1 is 0.917 bits per heavy atom. The number of ketones is 1. The van der Waals surface area contributed by atoms with Gasteiger partial charge in [0.25, 0.3) is 5.91 Å². The van der Waals surface area contributed by atoms with Crippen molar-refractivity contribution in [1.82, 2.24) is 4.90 Å². The molecular formula is C30H31NO5. The monoisotopic (exact) mass is 485 g/mol. The van der Waals surface area contributed by atoms with Gasteiger partial charge in [0.2, 0.25) is 0 Å². The van der Waals surface area contributed by atoms with Gasteiger partial charge in [-0.3, -0.25) is 9.59 Å². The number of benzene rings is 3. The number of hydrogen-bond acceptors (Lipinski definition) is 5. The number of aryl methyl sites for hydroxylation is 1. The van der Waals surface area contributed by atoms with E-state index in [1.807, 2.05) is 92.7 Å². The molecule has 1 atom stereocenters. The Labute approximate surface area is 211 Å². The molecule has 0 aliphatic carbocycles. The molecule has 1 N–H and O–H groups in total. The van der Waals surface area contributed by atoms with Crippen molar-refractivity contribution in [2.45, 2.75) is 45.4 Å². The van der Waals surface area contributed by atoms with Gasteiger partial charge in [0.05, 0.1) is 24.8 Å². The van der Waals surface area contributed by atoms with Crippen LogP contribution in [0.3, 0.4) is 0 Å². The molecule has 0 fully saturated rings. The highest BCUT2D eigenvalue weighted by molar-refractivity contribution is 6.09. The average Bonchev–Trinajstić information content (AvgIpc) is 3.13. The van der Waals surface area contributed by atoms with Gasteiger partial charge in [-0.05, 0) is 61.2 Å². The highest BCUT2D eigenvalue weighted by Crippen LogP contribution is 2.40.